The van der Waals surface area contributed by atoms with E-state index in [4.69, 9.17) is 9.16 Å². The van der Waals surface area contributed by atoms with Gasteiger partial charge in [0.1, 0.15) is 5.75 Å². The molecule has 216 valence electrons. The van der Waals surface area contributed by atoms with Crippen molar-refractivity contribution in [3.63, 3.8) is 0 Å². The zero-order chi connectivity index (χ0) is 29.7. The summed E-state index contributed by atoms with van der Waals surface area (Å²) in [6.07, 6.45) is 6.18. The normalized spacial score (nSPS) is 16.0. The minimum Gasteiger partial charge on any atom is -0.507 e. The fourth-order valence-electron chi connectivity index (χ4n) is 6.26. The van der Waals surface area contributed by atoms with Crippen molar-refractivity contribution < 1.29 is 14.3 Å². The van der Waals surface area contributed by atoms with Crippen molar-refractivity contribution in [3.05, 3.63) is 132 Å². The number of hydrogen-bond donors (Lipinski definition) is 1. The standard InChI is InChI=1S/C38H42O3Si/c1-28(26-30-21-22-36(39)35-19-13-12-18-34(30)35)20-23-37-33(24-25-40-37)29(2)27-41-42(38(3,4)5,31-14-8-6-9-15-31)32-16-10-7-11-17-32/h6-19,21-22,24,26,37,39H,2,20,23,25,27H2,1,3-5H3/b28-26+. The Morgan fingerprint density at radius 1 is 0.905 bits per heavy atom. The van der Waals surface area contributed by atoms with Gasteiger partial charge in [0.15, 0.2) is 0 Å². The van der Waals surface area contributed by atoms with Gasteiger partial charge in [-0.1, -0.05) is 136 Å². The van der Waals surface area contributed by atoms with Crippen LogP contribution < -0.4 is 10.4 Å². The molecule has 1 heterocycles. The van der Waals surface area contributed by atoms with Crippen molar-refractivity contribution in [2.24, 2.45) is 0 Å². The summed E-state index contributed by atoms with van der Waals surface area (Å²) in [6, 6.07) is 33.2. The maximum Gasteiger partial charge on any atom is 0.261 e. The van der Waals surface area contributed by atoms with E-state index in [-0.39, 0.29) is 11.1 Å². The quantitative estimate of drug-likeness (QED) is 0.194. The van der Waals surface area contributed by atoms with Crippen LogP contribution in [0.1, 0.15) is 46.1 Å². The minimum absolute atomic E-state index is 0.000154. The number of ether oxygens (including phenoxy) is 1. The Morgan fingerprint density at radius 3 is 2.12 bits per heavy atom. The van der Waals surface area contributed by atoms with Crippen LogP contribution in [0.15, 0.2) is 126 Å². The molecule has 0 saturated heterocycles. The molecule has 0 bridgehead atoms. The first-order chi connectivity index (χ1) is 20.2. The van der Waals surface area contributed by atoms with Gasteiger partial charge in [0.25, 0.3) is 8.32 Å². The maximum atomic E-state index is 10.3. The van der Waals surface area contributed by atoms with Gasteiger partial charge < -0.3 is 14.3 Å². The molecule has 0 spiro atoms. The van der Waals surface area contributed by atoms with Crippen LogP contribution in [0, 0.1) is 0 Å². The van der Waals surface area contributed by atoms with E-state index in [1.54, 1.807) is 6.07 Å². The molecule has 1 N–H and O–H groups in total. The average molecular weight is 575 g/mol. The molecule has 4 aromatic carbocycles. The van der Waals surface area contributed by atoms with Crippen molar-refractivity contribution in [3.8, 4) is 5.75 Å². The highest BCUT2D eigenvalue weighted by Gasteiger charge is 2.50. The molecule has 0 amide bonds. The lowest BCUT2D eigenvalue weighted by Crippen LogP contribution is -2.66. The number of hydrogen-bond acceptors (Lipinski definition) is 3. The lowest BCUT2D eigenvalue weighted by molar-refractivity contribution is 0.116. The Balaban J connectivity index is 1.32. The maximum absolute atomic E-state index is 10.3. The van der Waals surface area contributed by atoms with Gasteiger partial charge in [-0.3, -0.25) is 0 Å². The second-order valence-corrected chi connectivity index (χ2v) is 16.6. The number of benzene rings is 4. The van der Waals surface area contributed by atoms with E-state index >= 15 is 0 Å². The van der Waals surface area contributed by atoms with Gasteiger partial charge >= 0.3 is 0 Å². The molecule has 0 saturated carbocycles. The van der Waals surface area contributed by atoms with Crippen molar-refractivity contribution >= 4 is 35.5 Å². The molecule has 1 aliphatic rings. The number of phenols is 1. The average Bonchev–Trinajstić information content (AvgIpc) is 3.47. The zero-order valence-corrected chi connectivity index (χ0v) is 26.3. The highest BCUT2D eigenvalue weighted by atomic mass is 28.4. The molecular formula is C38H42O3Si. The summed E-state index contributed by atoms with van der Waals surface area (Å²) in [5.74, 6) is 0.313. The second kappa shape index (κ2) is 12.7. The summed E-state index contributed by atoms with van der Waals surface area (Å²) in [7, 11) is -2.65. The molecule has 42 heavy (non-hydrogen) atoms. The van der Waals surface area contributed by atoms with Crippen molar-refractivity contribution in [2.75, 3.05) is 13.2 Å². The Morgan fingerprint density at radius 2 is 1.50 bits per heavy atom. The van der Waals surface area contributed by atoms with Crippen molar-refractivity contribution in [1.29, 1.82) is 0 Å². The lowest BCUT2D eigenvalue weighted by Gasteiger charge is -2.43. The van der Waals surface area contributed by atoms with E-state index in [0.717, 1.165) is 40.3 Å². The zero-order valence-electron chi connectivity index (χ0n) is 25.3. The third-order valence-corrected chi connectivity index (χ3v) is 13.4. The molecule has 4 aromatic rings. The smallest absolute Gasteiger partial charge is 0.261 e. The van der Waals surface area contributed by atoms with Gasteiger partial charge in [0.2, 0.25) is 0 Å². The predicted octanol–water partition coefficient (Wildman–Crippen LogP) is 8.19. The summed E-state index contributed by atoms with van der Waals surface area (Å²) in [5, 5.41) is 14.7. The first kappa shape index (κ1) is 29.8. The van der Waals surface area contributed by atoms with Crippen molar-refractivity contribution in [1.82, 2.24) is 0 Å². The van der Waals surface area contributed by atoms with E-state index in [1.807, 2.05) is 24.3 Å². The topological polar surface area (TPSA) is 38.7 Å². The number of aromatic hydroxyl groups is 1. The third-order valence-electron chi connectivity index (χ3n) is 8.37. The van der Waals surface area contributed by atoms with Crippen LogP contribution in [-0.4, -0.2) is 32.7 Å². The molecule has 0 radical (unpaired) electrons. The highest BCUT2D eigenvalue weighted by Crippen LogP contribution is 2.38. The summed E-state index contributed by atoms with van der Waals surface area (Å²) in [6.45, 7) is 14.6. The van der Waals surface area contributed by atoms with E-state index in [1.165, 1.54) is 15.9 Å². The molecule has 3 nitrogen and oxygen atoms in total. The number of fused-ring (bicyclic) bond motifs is 1. The Kier molecular flexibility index (Phi) is 8.98. The van der Waals surface area contributed by atoms with Gasteiger partial charge in [0.05, 0.1) is 19.3 Å². The highest BCUT2D eigenvalue weighted by molar-refractivity contribution is 6.99. The van der Waals surface area contributed by atoms with E-state index in [2.05, 4.69) is 113 Å². The number of rotatable bonds is 10. The SMILES string of the molecule is C=C(CO[Si](c1ccccc1)(c1ccccc1)C(C)(C)C)C1=CCOC1CC/C(C)=C/c1ccc(O)c2ccccc12. The van der Waals surface area contributed by atoms with E-state index in [9.17, 15) is 5.11 Å². The third kappa shape index (κ3) is 6.07. The van der Waals surface area contributed by atoms with E-state index in [0.29, 0.717) is 19.0 Å². The molecular weight excluding hydrogens is 533 g/mol. The predicted molar refractivity (Wildman–Crippen MR) is 179 cm³/mol. The molecule has 0 fully saturated rings. The fourth-order valence-corrected chi connectivity index (χ4v) is 10.8. The first-order valence-electron chi connectivity index (χ1n) is 14.8. The lowest BCUT2D eigenvalue weighted by atomic mass is 9.96. The summed E-state index contributed by atoms with van der Waals surface area (Å²) < 4.78 is 13.3. The second-order valence-electron chi connectivity index (χ2n) is 12.3. The summed E-state index contributed by atoms with van der Waals surface area (Å²) in [5.41, 5.74) is 4.55. The van der Waals surface area contributed by atoms with Gasteiger partial charge in [-0.15, -0.1) is 0 Å². The molecule has 4 heteroatoms. The van der Waals surface area contributed by atoms with Crippen molar-refractivity contribution in [2.45, 2.75) is 51.7 Å². The van der Waals surface area contributed by atoms with E-state index < -0.39 is 8.32 Å². The first-order valence-corrected chi connectivity index (χ1v) is 16.7. The molecule has 0 aliphatic carbocycles. The molecule has 1 atom stereocenters. The fraction of sp³-hybridized carbons (Fsp3) is 0.263. The van der Waals surface area contributed by atoms with Crippen LogP contribution in [0.25, 0.3) is 16.8 Å². The van der Waals surface area contributed by atoms with Crippen LogP contribution in [0.3, 0.4) is 0 Å². The minimum atomic E-state index is -2.65. The summed E-state index contributed by atoms with van der Waals surface area (Å²) in [4.78, 5) is 0. The van der Waals surface area contributed by atoms with Crippen LogP contribution >= 0.6 is 0 Å². The largest absolute Gasteiger partial charge is 0.507 e. The Hall–Kier alpha value is -3.70. The molecule has 1 unspecified atom stereocenters. The number of allylic oxidation sites excluding steroid dienone is 1. The van der Waals surface area contributed by atoms with Crippen LogP contribution in [0.4, 0.5) is 0 Å². The monoisotopic (exact) mass is 574 g/mol. The van der Waals surface area contributed by atoms with Gasteiger partial charge in [0, 0.05) is 5.39 Å². The molecule has 1 aliphatic heterocycles. The van der Waals surface area contributed by atoms with Crippen LogP contribution in [0.2, 0.25) is 5.04 Å². The Labute approximate surface area is 252 Å². The Bertz CT molecular complexity index is 1560. The van der Waals surface area contributed by atoms with Crippen LogP contribution in [0.5, 0.6) is 5.75 Å². The molecule has 0 aromatic heterocycles. The van der Waals surface area contributed by atoms with Gasteiger partial charge in [-0.2, -0.15) is 0 Å². The number of phenolic OH excluding ortho intramolecular Hbond substituents is 1. The van der Waals surface area contributed by atoms with Gasteiger partial charge in [-0.05, 0) is 63.3 Å². The van der Waals surface area contributed by atoms with Crippen LogP contribution in [-0.2, 0) is 9.16 Å². The molecule has 5 rings (SSSR count). The summed E-state index contributed by atoms with van der Waals surface area (Å²) >= 11 is 0. The van der Waals surface area contributed by atoms with Gasteiger partial charge in [-0.25, -0.2) is 0 Å².